The summed E-state index contributed by atoms with van der Waals surface area (Å²) in [6.07, 6.45) is 6.42. The zero-order valence-electron chi connectivity index (χ0n) is 41.0. The standard InChI is InChI=1S/C25H34N4O7S.C24H32N4O7S/c1-2-36-20-8-7-16(19(31)14-30)13-17(20)24(33)27-10-12-35-11-9-26-22(32)6-4-3-5-21-23-18(15-37-21)28-25(34)29-23;1-14(29)22(32)15-6-7-18(30)16(12-15)23(33)26-9-11-35-10-8-25-20(31)5-3-2-4-19-21-17(13-36-19)27-24(34)28-21/h7-8,13-14,18,21,23H,2-6,9-12,15H2,1H3,(H,26,32)(H,27,33)(H2,28,29,34);6-7,12,17,19,21,30H,2-5,8-11,13H2,1H3,(H,25,31)(H,26,33)(H2,27,28,34). The highest BCUT2D eigenvalue weighted by atomic mass is 32.2. The normalized spacial score (nSPS) is 20.1. The lowest BCUT2D eigenvalue weighted by Gasteiger charge is -2.16. The molecule has 6 unspecified atom stereocenters. The average molecular weight is 1060 g/mol. The molecule has 0 spiro atoms. The molecular weight excluding hydrogens is 989 g/mol. The quantitative estimate of drug-likeness (QED) is 0.0177. The lowest BCUT2D eigenvalue weighted by molar-refractivity contribution is -0.122. The number of Topliss-reactive ketones (excluding diaryl/α,β-unsaturated/α-hetero) is 3. The first-order chi connectivity index (χ1) is 35.2. The number of rotatable bonds is 30. The van der Waals surface area contributed by atoms with E-state index in [4.69, 9.17) is 14.2 Å². The van der Waals surface area contributed by atoms with E-state index in [-0.39, 0.29) is 115 Å². The molecule has 6 rings (SSSR count). The van der Waals surface area contributed by atoms with Crippen molar-refractivity contribution in [1.82, 2.24) is 42.5 Å². The van der Waals surface area contributed by atoms with Crippen LogP contribution in [-0.2, 0) is 28.7 Å². The Labute approximate surface area is 431 Å². The number of fused-ring (bicyclic) bond motifs is 2. The number of phenols is 1. The molecule has 4 aliphatic rings. The minimum Gasteiger partial charge on any atom is -0.507 e. The van der Waals surface area contributed by atoms with Crippen LogP contribution in [0.1, 0.15) is 107 Å². The molecule has 24 heteroatoms. The maximum atomic E-state index is 12.5. The van der Waals surface area contributed by atoms with Gasteiger partial charge in [-0.05, 0) is 69.0 Å². The average Bonchev–Trinajstić information content (AvgIpc) is 4.15. The first-order valence-electron chi connectivity index (χ1n) is 24.5. The lowest BCUT2D eigenvalue weighted by Crippen LogP contribution is -2.36. The van der Waals surface area contributed by atoms with Crippen molar-refractivity contribution in [2.75, 3.05) is 70.7 Å². The van der Waals surface area contributed by atoms with Gasteiger partial charge in [-0.2, -0.15) is 23.5 Å². The number of unbranched alkanes of at least 4 members (excludes halogenated alkanes) is 2. The third-order valence-electron chi connectivity index (χ3n) is 12.1. The summed E-state index contributed by atoms with van der Waals surface area (Å²) in [4.78, 5) is 117. The highest BCUT2D eigenvalue weighted by Gasteiger charge is 2.43. The van der Waals surface area contributed by atoms with Gasteiger partial charge >= 0.3 is 12.1 Å². The molecule has 4 saturated heterocycles. The van der Waals surface area contributed by atoms with E-state index >= 15 is 0 Å². The Morgan fingerprint density at radius 1 is 0.658 bits per heavy atom. The molecule has 6 atom stereocenters. The first-order valence-corrected chi connectivity index (χ1v) is 26.6. The van der Waals surface area contributed by atoms with Crippen LogP contribution in [0.3, 0.4) is 0 Å². The maximum Gasteiger partial charge on any atom is 0.315 e. The number of urea groups is 2. The van der Waals surface area contributed by atoms with Crippen LogP contribution in [0.25, 0.3) is 0 Å². The van der Waals surface area contributed by atoms with Crippen LogP contribution in [0.5, 0.6) is 11.5 Å². The molecule has 0 aromatic heterocycles. The van der Waals surface area contributed by atoms with Crippen molar-refractivity contribution >= 4 is 82.9 Å². The van der Waals surface area contributed by atoms with Crippen LogP contribution in [0.4, 0.5) is 9.59 Å². The third kappa shape index (κ3) is 18.3. The van der Waals surface area contributed by atoms with E-state index in [0.717, 1.165) is 57.0 Å². The first kappa shape index (κ1) is 57.7. The van der Waals surface area contributed by atoms with Gasteiger partial charge in [0.25, 0.3) is 11.8 Å². The Bertz CT molecular complexity index is 2310. The number of hydrogen-bond donors (Lipinski definition) is 9. The number of hydrogen-bond acceptors (Lipinski definition) is 16. The van der Waals surface area contributed by atoms with Crippen LogP contribution >= 0.6 is 23.5 Å². The van der Waals surface area contributed by atoms with Gasteiger partial charge in [-0.3, -0.25) is 38.4 Å². The molecule has 4 aliphatic heterocycles. The molecule has 0 bridgehead atoms. The maximum absolute atomic E-state index is 12.5. The van der Waals surface area contributed by atoms with Crippen molar-refractivity contribution in [2.45, 2.75) is 99.9 Å². The van der Waals surface area contributed by atoms with Gasteiger partial charge in [-0.15, -0.1) is 0 Å². The molecular formula is C49H66N8O14S2. The molecule has 2 aromatic carbocycles. The highest BCUT2D eigenvalue weighted by molar-refractivity contribution is 8.00. The van der Waals surface area contributed by atoms with E-state index in [1.54, 1.807) is 6.92 Å². The van der Waals surface area contributed by atoms with Gasteiger partial charge < -0.3 is 61.9 Å². The van der Waals surface area contributed by atoms with Crippen molar-refractivity contribution in [3.63, 3.8) is 0 Å². The van der Waals surface area contributed by atoms with Gasteiger partial charge in [0, 0.05) is 79.1 Å². The predicted molar refractivity (Wildman–Crippen MR) is 271 cm³/mol. The van der Waals surface area contributed by atoms with Crippen LogP contribution in [-0.4, -0.2) is 170 Å². The molecule has 73 heavy (non-hydrogen) atoms. The zero-order chi connectivity index (χ0) is 52.7. The number of amides is 8. The molecule has 0 radical (unpaired) electrons. The Balaban J connectivity index is 0.000000271. The summed E-state index contributed by atoms with van der Waals surface area (Å²) in [6, 6.07) is 8.55. The fourth-order valence-electron chi connectivity index (χ4n) is 8.39. The number of aromatic hydroxyl groups is 1. The van der Waals surface area contributed by atoms with Gasteiger partial charge in [0.1, 0.15) is 11.5 Å². The Morgan fingerprint density at radius 3 is 1.63 bits per heavy atom. The van der Waals surface area contributed by atoms with E-state index in [1.807, 2.05) is 23.5 Å². The van der Waals surface area contributed by atoms with Crippen LogP contribution in [0.2, 0.25) is 0 Å². The Hall–Kier alpha value is -6.24. The number of aldehydes is 1. The number of carbonyl (C=O) groups excluding carboxylic acids is 10. The van der Waals surface area contributed by atoms with Crippen molar-refractivity contribution in [3.05, 3.63) is 58.7 Å². The molecule has 0 aliphatic carbocycles. The van der Waals surface area contributed by atoms with Crippen LogP contribution < -0.4 is 47.3 Å². The second-order valence-corrected chi connectivity index (χ2v) is 20.0. The van der Waals surface area contributed by atoms with Gasteiger partial charge in [-0.1, -0.05) is 12.8 Å². The number of thioether (sulfide) groups is 2. The number of benzene rings is 2. The third-order valence-corrected chi connectivity index (χ3v) is 15.1. The summed E-state index contributed by atoms with van der Waals surface area (Å²) in [7, 11) is 0. The molecule has 8 amide bonds. The summed E-state index contributed by atoms with van der Waals surface area (Å²) < 4.78 is 16.3. The number of ether oxygens (including phenoxy) is 3. The van der Waals surface area contributed by atoms with E-state index in [9.17, 15) is 53.1 Å². The molecule has 2 aromatic rings. The smallest absolute Gasteiger partial charge is 0.315 e. The fraction of sp³-hybridized carbons (Fsp3) is 0.551. The summed E-state index contributed by atoms with van der Waals surface area (Å²) in [5.74, 6) is -1.36. The second kappa shape index (κ2) is 30.1. The molecule has 22 nitrogen and oxygen atoms in total. The Morgan fingerprint density at radius 2 is 1.14 bits per heavy atom. The Kier molecular flexibility index (Phi) is 23.8. The van der Waals surface area contributed by atoms with Gasteiger partial charge in [-0.25, -0.2) is 9.59 Å². The summed E-state index contributed by atoms with van der Waals surface area (Å²) in [5.41, 5.74) is 0.201. The number of ketones is 3. The SMILES string of the molecule is CC(=O)C(=O)c1ccc(O)c(C(=O)NCCOCCNC(=O)CCCCC2SCC3NC(=O)NC32)c1.CCOc1ccc(C(=O)C=O)cc1C(=O)NCCOCCNC(=O)CCCCC1SCC2NC(=O)NC21. The number of phenolic OH excluding ortho intramolecular Hbond substituents is 1. The molecule has 4 heterocycles. The van der Waals surface area contributed by atoms with E-state index in [1.165, 1.54) is 36.4 Å². The summed E-state index contributed by atoms with van der Waals surface area (Å²) in [6.45, 7) is 5.39. The topological polar surface area (TPSA) is 315 Å². The van der Waals surface area contributed by atoms with E-state index < -0.39 is 29.2 Å². The van der Waals surface area contributed by atoms with Crippen molar-refractivity contribution in [3.8, 4) is 11.5 Å². The summed E-state index contributed by atoms with van der Waals surface area (Å²) in [5, 5.41) is 33.4. The number of nitrogens with one attached hydrogen (secondary N) is 8. The van der Waals surface area contributed by atoms with E-state index in [0.29, 0.717) is 55.4 Å². The largest absolute Gasteiger partial charge is 0.507 e. The minimum absolute atomic E-state index is 0.0297. The van der Waals surface area contributed by atoms with E-state index in [2.05, 4.69) is 42.5 Å². The summed E-state index contributed by atoms with van der Waals surface area (Å²) >= 11 is 3.74. The van der Waals surface area contributed by atoms with Gasteiger partial charge in [0.05, 0.1) is 68.3 Å². The molecule has 398 valence electrons. The van der Waals surface area contributed by atoms with Gasteiger partial charge in [0.2, 0.25) is 23.4 Å². The number of carbonyl (C=O) groups is 10. The van der Waals surface area contributed by atoms with Crippen molar-refractivity contribution in [2.24, 2.45) is 0 Å². The van der Waals surface area contributed by atoms with Gasteiger partial charge in [0.15, 0.2) is 12.1 Å². The predicted octanol–water partition coefficient (Wildman–Crippen LogP) is 1.81. The molecule has 0 saturated carbocycles. The van der Waals surface area contributed by atoms with Crippen molar-refractivity contribution in [1.29, 1.82) is 0 Å². The monoisotopic (exact) mass is 1050 g/mol. The second-order valence-electron chi connectivity index (χ2n) is 17.4. The molecule has 4 fully saturated rings. The van der Waals surface area contributed by atoms with Crippen LogP contribution in [0.15, 0.2) is 36.4 Å². The van der Waals surface area contributed by atoms with Crippen molar-refractivity contribution < 1.29 is 67.3 Å². The highest BCUT2D eigenvalue weighted by Crippen LogP contribution is 2.34. The zero-order valence-corrected chi connectivity index (χ0v) is 42.6. The van der Waals surface area contributed by atoms with Crippen LogP contribution in [0, 0.1) is 0 Å². The fourth-order valence-corrected chi connectivity index (χ4v) is 11.5. The molecule has 9 N–H and O–H groups in total. The minimum atomic E-state index is -0.739. The lowest BCUT2D eigenvalue weighted by atomic mass is 10.0.